The molecule has 0 bridgehead atoms. The standard InChI is InChI=1S/C14H13Br2NO2S/c15-11-8-12(20-13(11)16)14(19)17-10-5-1-3-9(7-10)4-2-6-18/h1,3,5,7-8,18H,2,4,6H2,(H,17,19). The molecule has 0 aliphatic rings. The van der Waals surface area contributed by atoms with E-state index in [1.165, 1.54) is 11.3 Å². The summed E-state index contributed by atoms with van der Waals surface area (Å²) in [5, 5.41) is 11.7. The van der Waals surface area contributed by atoms with Crippen LogP contribution in [0.4, 0.5) is 5.69 Å². The van der Waals surface area contributed by atoms with Gasteiger partial charge in [-0.25, -0.2) is 0 Å². The SMILES string of the molecule is O=C(Nc1cccc(CCCO)c1)c1cc(Br)c(Br)s1. The third kappa shape index (κ3) is 4.15. The van der Waals surface area contributed by atoms with E-state index in [-0.39, 0.29) is 12.5 Å². The Morgan fingerprint density at radius 3 is 2.75 bits per heavy atom. The van der Waals surface area contributed by atoms with Gasteiger partial charge in [-0.05, 0) is 68.5 Å². The maximum Gasteiger partial charge on any atom is 0.265 e. The number of thiophene rings is 1. The number of halogens is 2. The molecule has 20 heavy (non-hydrogen) atoms. The molecule has 1 amide bonds. The topological polar surface area (TPSA) is 49.3 Å². The number of anilines is 1. The minimum absolute atomic E-state index is 0.124. The van der Waals surface area contributed by atoms with Gasteiger partial charge < -0.3 is 10.4 Å². The lowest BCUT2D eigenvalue weighted by Gasteiger charge is -2.06. The molecule has 1 aromatic carbocycles. The highest BCUT2D eigenvalue weighted by Crippen LogP contribution is 2.32. The number of hydrogen-bond acceptors (Lipinski definition) is 3. The highest BCUT2D eigenvalue weighted by atomic mass is 79.9. The number of aryl methyl sites for hydroxylation is 1. The van der Waals surface area contributed by atoms with Crippen molar-refractivity contribution in [3.05, 3.63) is 49.0 Å². The van der Waals surface area contributed by atoms with Crippen LogP contribution in [0.1, 0.15) is 21.7 Å². The zero-order valence-electron chi connectivity index (χ0n) is 10.5. The highest BCUT2D eigenvalue weighted by Gasteiger charge is 2.12. The van der Waals surface area contributed by atoms with Gasteiger partial charge in [-0.2, -0.15) is 0 Å². The molecule has 0 aliphatic carbocycles. The quantitative estimate of drug-likeness (QED) is 0.753. The van der Waals surface area contributed by atoms with Crippen LogP contribution in [0.5, 0.6) is 0 Å². The van der Waals surface area contributed by atoms with Gasteiger partial charge in [-0.1, -0.05) is 12.1 Å². The summed E-state index contributed by atoms with van der Waals surface area (Å²) < 4.78 is 1.78. The summed E-state index contributed by atoms with van der Waals surface area (Å²) in [5.41, 5.74) is 1.87. The number of amides is 1. The Balaban J connectivity index is 2.07. The van der Waals surface area contributed by atoms with Crippen LogP contribution in [-0.4, -0.2) is 17.6 Å². The number of carbonyl (C=O) groups excluding carboxylic acids is 1. The number of hydrogen-bond donors (Lipinski definition) is 2. The van der Waals surface area contributed by atoms with Gasteiger partial charge in [0.15, 0.2) is 0 Å². The molecular formula is C14H13Br2NO2S. The molecule has 2 aromatic rings. The summed E-state index contributed by atoms with van der Waals surface area (Å²) in [5.74, 6) is -0.124. The fraction of sp³-hybridized carbons (Fsp3) is 0.214. The zero-order valence-corrected chi connectivity index (χ0v) is 14.5. The Labute approximate surface area is 138 Å². The Morgan fingerprint density at radius 1 is 1.30 bits per heavy atom. The van der Waals surface area contributed by atoms with Crippen molar-refractivity contribution < 1.29 is 9.90 Å². The molecule has 0 saturated carbocycles. The molecule has 0 atom stereocenters. The molecule has 1 heterocycles. The van der Waals surface area contributed by atoms with Gasteiger partial charge in [-0.3, -0.25) is 4.79 Å². The number of rotatable bonds is 5. The first-order chi connectivity index (χ1) is 9.60. The van der Waals surface area contributed by atoms with Crippen molar-refractivity contribution in [2.75, 3.05) is 11.9 Å². The van der Waals surface area contributed by atoms with E-state index >= 15 is 0 Å². The Morgan fingerprint density at radius 2 is 2.10 bits per heavy atom. The Hall–Kier alpha value is -0.690. The molecule has 106 valence electrons. The third-order valence-corrected chi connectivity index (χ3v) is 5.93. The lowest BCUT2D eigenvalue weighted by atomic mass is 10.1. The van der Waals surface area contributed by atoms with Gasteiger partial charge in [0.2, 0.25) is 0 Å². The lowest BCUT2D eigenvalue weighted by molar-refractivity contribution is 0.103. The van der Waals surface area contributed by atoms with Gasteiger partial charge in [0.05, 0.1) is 8.66 Å². The lowest BCUT2D eigenvalue weighted by Crippen LogP contribution is -2.10. The average molecular weight is 419 g/mol. The van der Waals surface area contributed by atoms with Crippen LogP contribution in [0.2, 0.25) is 0 Å². The predicted molar refractivity (Wildman–Crippen MR) is 89.5 cm³/mol. The maximum atomic E-state index is 12.1. The molecular weight excluding hydrogens is 406 g/mol. The van der Waals surface area contributed by atoms with E-state index in [9.17, 15) is 4.79 Å². The fourth-order valence-electron chi connectivity index (χ4n) is 1.74. The normalized spacial score (nSPS) is 10.6. The van der Waals surface area contributed by atoms with E-state index in [1.807, 2.05) is 24.3 Å². The van der Waals surface area contributed by atoms with E-state index in [2.05, 4.69) is 37.2 Å². The second kappa shape index (κ2) is 7.36. The minimum atomic E-state index is -0.124. The molecule has 0 fully saturated rings. The van der Waals surface area contributed by atoms with Crippen LogP contribution in [0.3, 0.4) is 0 Å². The van der Waals surface area contributed by atoms with E-state index in [0.717, 1.165) is 32.4 Å². The van der Waals surface area contributed by atoms with E-state index < -0.39 is 0 Å². The first-order valence-electron chi connectivity index (χ1n) is 6.06. The van der Waals surface area contributed by atoms with Crippen LogP contribution in [0, 0.1) is 0 Å². The highest BCUT2D eigenvalue weighted by molar-refractivity contribution is 9.13. The van der Waals surface area contributed by atoms with Crippen molar-refractivity contribution in [2.24, 2.45) is 0 Å². The summed E-state index contributed by atoms with van der Waals surface area (Å²) in [7, 11) is 0. The first-order valence-corrected chi connectivity index (χ1v) is 8.46. The summed E-state index contributed by atoms with van der Waals surface area (Å²) in [6.45, 7) is 0.174. The van der Waals surface area contributed by atoms with Crippen LogP contribution in [-0.2, 0) is 6.42 Å². The fourth-order valence-corrected chi connectivity index (χ4v) is 3.67. The zero-order chi connectivity index (χ0) is 14.5. The number of carbonyl (C=O) groups is 1. The van der Waals surface area contributed by atoms with Crippen LogP contribution in [0.15, 0.2) is 38.6 Å². The monoisotopic (exact) mass is 417 g/mol. The summed E-state index contributed by atoms with van der Waals surface area (Å²) in [4.78, 5) is 12.8. The predicted octanol–water partition coefficient (Wildman–Crippen LogP) is 4.45. The molecule has 6 heteroatoms. The van der Waals surface area contributed by atoms with Gasteiger partial charge in [0.25, 0.3) is 5.91 Å². The Bertz CT molecular complexity index is 593. The van der Waals surface area contributed by atoms with Crippen LogP contribution < -0.4 is 5.32 Å². The minimum Gasteiger partial charge on any atom is -0.396 e. The summed E-state index contributed by atoms with van der Waals surface area (Å²) >= 11 is 8.13. The maximum absolute atomic E-state index is 12.1. The molecule has 0 unspecified atom stereocenters. The number of aliphatic hydroxyl groups excluding tert-OH is 1. The van der Waals surface area contributed by atoms with Crippen molar-refractivity contribution in [3.8, 4) is 0 Å². The van der Waals surface area contributed by atoms with Crippen molar-refractivity contribution in [1.29, 1.82) is 0 Å². The van der Waals surface area contributed by atoms with Crippen molar-refractivity contribution >= 4 is 54.8 Å². The average Bonchev–Trinajstić information content (AvgIpc) is 2.77. The molecule has 2 N–H and O–H groups in total. The largest absolute Gasteiger partial charge is 0.396 e. The van der Waals surface area contributed by atoms with Gasteiger partial charge in [0.1, 0.15) is 0 Å². The number of aliphatic hydroxyl groups is 1. The Kier molecular flexibility index (Phi) is 5.77. The van der Waals surface area contributed by atoms with E-state index in [4.69, 9.17) is 5.11 Å². The van der Waals surface area contributed by atoms with Crippen molar-refractivity contribution in [2.45, 2.75) is 12.8 Å². The summed E-state index contributed by atoms with van der Waals surface area (Å²) in [6, 6.07) is 9.48. The van der Waals surface area contributed by atoms with Crippen molar-refractivity contribution in [1.82, 2.24) is 0 Å². The summed E-state index contributed by atoms with van der Waals surface area (Å²) in [6.07, 6.45) is 1.53. The molecule has 0 aliphatic heterocycles. The molecule has 0 radical (unpaired) electrons. The third-order valence-electron chi connectivity index (χ3n) is 2.68. The smallest absolute Gasteiger partial charge is 0.265 e. The van der Waals surface area contributed by atoms with Gasteiger partial charge >= 0.3 is 0 Å². The van der Waals surface area contributed by atoms with Crippen LogP contribution >= 0.6 is 43.2 Å². The first kappa shape index (κ1) is 15.7. The van der Waals surface area contributed by atoms with Crippen molar-refractivity contribution in [3.63, 3.8) is 0 Å². The van der Waals surface area contributed by atoms with E-state index in [0.29, 0.717) is 4.88 Å². The molecule has 2 rings (SSSR count). The second-order valence-electron chi connectivity index (χ2n) is 4.21. The molecule has 1 aromatic heterocycles. The second-order valence-corrected chi connectivity index (χ2v) is 7.44. The van der Waals surface area contributed by atoms with Gasteiger partial charge in [-0.15, -0.1) is 11.3 Å². The van der Waals surface area contributed by atoms with E-state index in [1.54, 1.807) is 6.07 Å². The molecule has 0 saturated heterocycles. The number of nitrogens with one attached hydrogen (secondary N) is 1. The van der Waals surface area contributed by atoms with Gasteiger partial charge in [0, 0.05) is 16.8 Å². The molecule has 3 nitrogen and oxygen atoms in total. The number of benzene rings is 1. The molecule has 0 spiro atoms. The van der Waals surface area contributed by atoms with Crippen LogP contribution in [0.25, 0.3) is 0 Å².